The number of nitrogens with one attached hydrogen (secondary N) is 2. The van der Waals surface area contributed by atoms with Crippen molar-refractivity contribution in [2.75, 3.05) is 47.4 Å². The van der Waals surface area contributed by atoms with E-state index >= 15 is 0 Å². The maximum absolute atomic E-state index is 5.06. The molecule has 1 rings (SSSR count). The molecule has 0 aliphatic rings. The first-order valence-corrected chi connectivity index (χ1v) is 8.28. The first-order chi connectivity index (χ1) is 10.2. The van der Waals surface area contributed by atoms with E-state index in [2.05, 4.69) is 54.1 Å². The molecule has 7 heteroatoms. The number of hydrogen-bond acceptors (Lipinski definition) is 4. The summed E-state index contributed by atoms with van der Waals surface area (Å²) in [5, 5.41) is 8.74. The van der Waals surface area contributed by atoms with E-state index < -0.39 is 0 Å². The minimum absolute atomic E-state index is 0. The Kier molecular flexibility index (Phi) is 12.9. The second-order valence-corrected chi connectivity index (χ2v) is 5.97. The number of guanidine groups is 1. The molecule has 0 aliphatic heterocycles. The Balaban J connectivity index is 0.00000441. The highest BCUT2D eigenvalue weighted by Crippen LogP contribution is 2.23. The van der Waals surface area contributed by atoms with Crippen molar-refractivity contribution in [3.05, 3.63) is 22.4 Å². The third-order valence-electron chi connectivity index (χ3n) is 3.08. The zero-order valence-electron chi connectivity index (χ0n) is 14.0. The van der Waals surface area contributed by atoms with Crippen molar-refractivity contribution in [1.82, 2.24) is 15.5 Å². The molecule has 1 unspecified atom stereocenters. The number of ether oxygens (including phenoxy) is 1. The molecule has 0 aliphatic carbocycles. The molecule has 0 spiro atoms. The second-order valence-electron chi connectivity index (χ2n) is 4.99. The van der Waals surface area contributed by atoms with Crippen molar-refractivity contribution >= 4 is 41.3 Å². The van der Waals surface area contributed by atoms with Crippen molar-refractivity contribution in [2.45, 2.75) is 19.4 Å². The van der Waals surface area contributed by atoms with Gasteiger partial charge in [-0.25, -0.2) is 0 Å². The Hall–Kier alpha value is -0.380. The SMILES string of the molecule is CCNC(=NCC(c1cccs1)N(C)C)NCCCOC.I. The van der Waals surface area contributed by atoms with Crippen molar-refractivity contribution in [1.29, 1.82) is 0 Å². The topological polar surface area (TPSA) is 48.9 Å². The Morgan fingerprint density at radius 2 is 2.18 bits per heavy atom. The van der Waals surface area contributed by atoms with Gasteiger partial charge in [-0.1, -0.05) is 6.07 Å². The number of methoxy groups -OCH3 is 1. The van der Waals surface area contributed by atoms with Crippen LogP contribution in [0, 0.1) is 0 Å². The predicted octanol–water partition coefficient (Wildman–Crippen LogP) is 2.56. The molecule has 22 heavy (non-hydrogen) atoms. The van der Waals surface area contributed by atoms with Crippen molar-refractivity contribution in [3.63, 3.8) is 0 Å². The predicted molar refractivity (Wildman–Crippen MR) is 107 cm³/mol. The number of aliphatic imine (C=N–C) groups is 1. The lowest BCUT2D eigenvalue weighted by Gasteiger charge is -2.22. The third kappa shape index (κ3) is 8.30. The van der Waals surface area contributed by atoms with Crippen LogP contribution in [-0.2, 0) is 4.74 Å². The molecule has 0 fully saturated rings. The van der Waals surface area contributed by atoms with E-state index in [9.17, 15) is 0 Å². The molecule has 0 radical (unpaired) electrons. The molecular formula is C15H29IN4OS. The van der Waals surface area contributed by atoms with Gasteiger partial charge in [-0.3, -0.25) is 4.99 Å². The molecule has 128 valence electrons. The van der Waals surface area contributed by atoms with Gasteiger partial charge in [-0.05, 0) is 38.9 Å². The van der Waals surface area contributed by atoms with E-state index in [0.717, 1.165) is 38.6 Å². The molecule has 0 bridgehead atoms. The molecule has 5 nitrogen and oxygen atoms in total. The van der Waals surface area contributed by atoms with Crippen molar-refractivity contribution in [2.24, 2.45) is 4.99 Å². The van der Waals surface area contributed by atoms with Crippen LogP contribution >= 0.6 is 35.3 Å². The van der Waals surface area contributed by atoms with Crippen LogP contribution in [0.3, 0.4) is 0 Å². The quantitative estimate of drug-likeness (QED) is 0.268. The standard InChI is InChI=1S/C15H28N4OS.HI/c1-5-16-15(17-9-7-10-20-4)18-12-13(19(2)3)14-8-6-11-21-14;/h6,8,11,13H,5,7,9-10,12H2,1-4H3,(H2,16,17,18);1H. The molecule has 1 heterocycles. The normalized spacial score (nSPS) is 12.9. The number of nitrogens with zero attached hydrogens (tertiary/aromatic N) is 2. The first-order valence-electron chi connectivity index (χ1n) is 7.40. The molecule has 0 saturated carbocycles. The summed E-state index contributed by atoms with van der Waals surface area (Å²) in [4.78, 5) is 8.27. The van der Waals surface area contributed by atoms with Crippen LogP contribution in [0.2, 0.25) is 0 Å². The van der Waals surface area contributed by atoms with Crippen molar-refractivity contribution < 1.29 is 4.74 Å². The Labute approximate surface area is 155 Å². The highest BCUT2D eigenvalue weighted by atomic mass is 127. The number of thiophene rings is 1. The number of likely N-dealkylation sites (N-methyl/N-ethyl adjacent to an activating group) is 1. The molecule has 0 aromatic carbocycles. The summed E-state index contributed by atoms with van der Waals surface area (Å²) in [6.07, 6.45) is 0.975. The van der Waals surface area contributed by atoms with Crippen LogP contribution in [0.4, 0.5) is 0 Å². The van der Waals surface area contributed by atoms with E-state index in [0.29, 0.717) is 6.04 Å². The minimum atomic E-state index is 0. The van der Waals surface area contributed by atoms with E-state index in [4.69, 9.17) is 9.73 Å². The van der Waals surface area contributed by atoms with Gasteiger partial charge in [-0.2, -0.15) is 0 Å². The third-order valence-corrected chi connectivity index (χ3v) is 4.05. The van der Waals surface area contributed by atoms with E-state index in [1.165, 1.54) is 4.88 Å². The number of rotatable bonds is 9. The van der Waals surface area contributed by atoms with Gasteiger partial charge in [-0.15, -0.1) is 35.3 Å². The van der Waals surface area contributed by atoms with Gasteiger partial charge in [0.05, 0.1) is 12.6 Å². The molecule has 2 N–H and O–H groups in total. The Morgan fingerprint density at radius 3 is 2.73 bits per heavy atom. The summed E-state index contributed by atoms with van der Waals surface area (Å²) in [5.41, 5.74) is 0. The Bertz CT molecular complexity index is 398. The van der Waals surface area contributed by atoms with Gasteiger partial charge in [0.25, 0.3) is 0 Å². The molecule has 0 saturated heterocycles. The summed E-state index contributed by atoms with van der Waals surface area (Å²) in [6.45, 7) is 5.32. The summed E-state index contributed by atoms with van der Waals surface area (Å²) >= 11 is 1.78. The molecule has 1 atom stereocenters. The first kappa shape index (κ1) is 21.6. The highest BCUT2D eigenvalue weighted by molar-refractivity contribution is 14.0. The zero-order chi connectivity index (χ0) is 15.5. The smallest absolute Gasteiger partial charge is 0.191 e. The minimum Gasteiger partial charge on any atom is -0.385 e. The van der Waals surface area contributed by atoms with Crippen LogP contribution in [0.25, 0.3) is 0 Å². The lowest BCUT2D eigenvalue weighted by Crippen LogP contribution is -2.38. The zero-order valence-corrected chi connectivity index (χ0v) is 17.1. The van der Waals surface area contributed by atoms with Gasteiger partial charge in [0.2, 0.25) is 0 Å². The van der Waals surface area contributed by atoms with Crippen LogP contribution in [0.1, 0.15) is 24.3 Å². The van der Waals surface area contributed by atoms with E-state index in [1.54, 1.807) is 18.4 Å². The lowest BCUT2D eigenvalue weighted by molar-refractivity contribution is 0.195. The summed E-state index contributed by atoms with van der Waals surface area (Å²) in [6, 6.07) is 4.58. The Morgan fingerprint density at radius 1 is 1.41 bits per heavy atom. The average molecular weight is 440 g/mol. The summed E-state index contributed by atoms with van der Waals surface area (Å²) in [7, 11) is 5.92. The van der Waals surface area contributed by atoms with Gasteiger partial charge in [0.15, 0.2) is 5.96 Å². The number of hydrogen-bond donors (Lipinski definition) is 2. The van der Waals surface area contributed by atoms with Crippen LogP contribution in [0.15, 0.2) is 22.5 Å². The lowest BCUT2D eigenvalue weighted by atomic mass is 10.2. The van der Waals surface area contributed by atoms with Crippen LogP contribution in [0.5, 0.6) is 0 Å². The average Bonchev–Trinajstić information content (AvgIpc) is 2.97. The maximum Gasteiger partial charge on any atom is 0.191 e. The monoisotopic (exact) mass is 440 g/mol. The molecular weight excluding hydrogens is 411 g/mol. The summed E-state index contributed by atoms with van der Waals surface area (Å²) in [5.74, 6) is 0.872. The fourth-order valence-electron chi connectivity index (χ4n) is 1.93. The van der Waals surface area contributed by atoms with Gasteiger partial charge >= 0.3 is 0 Å². The van der Waals surface area contributed by atoms with Crippen LogP contribution < -0.4 is 10.6 Å². The van der Waals surface area contributed by atoms with E-state index in [-0.39, 0.29) is 24.0 Å². The van der Waals surface area contributed by atoms with Gasteiger partial charge in [0, 0.05) is 31.7 Å². The molecule has 1 aromatic heterocycles. The fourth-order valence-corrected chi connectivity index (χ4v) is 2.85. The highest BCUT2D eigenvalue weighted by Gasteiger charge is 2.14. The number of halogens is 1. The van der Waals surface area contributed by atoms with Gasteiger partial charge < -0.3 is 20.3 Å². The van der Waals surface area contributed by atoms with Crippen LogP contribution in [-0.4, -0.2) is 58.3 Å². The molecule has 1 aromatic rings. The molecule has 0 amide bonds. The second kappa shape index (κ2) is 13.1. The fraction of sp³-hybridized carbons (Fsp3) is 0.667. The largest absolute Gasteiger partial charge is 0.385 e. The summed E-state index contributed by atoms with van der Waals surface area (Å²) < 4.78 is 5.06. The van der Waals surface area contributed by atoms with E-state index in [1.807, 2.05) is 0 Å². The van der Waals surface area contributed by atoms with Crippen molar-refractivity contribution in [3.8, 4) is 0 Å². The van der Waals surface area contributed by atoms with Gasteiger partial charge in [0.1, 0.15) is 0 Å². The maximum atomic E-state index is 5.06.